The van der Waals surface area contributed by atoms with Gasteiger partial charge in [-0.05, 0) is 20.3 Å². The van der Waals surface area contributed by atoms with Crippen molar-refractivity contribution in [2.45, 2.75) is 61.5 Å². The number of esters is 1. The lowest BCUT2D eigenvalue weighted by Gasteiger charge is -2.41. The van der Waals surface area contributed by atoms with Gasteiger partial charge in [-0.15, -0.1) is 0 Å². The van der Waals surface area contributed by atoms with Crippen LogP contribution in [0.2, 0.25) is 0 Å². The molecule has 4 rings (SSSR count). The van der Waals surface area contributed by atoms with Gasteiger partial charge in [-0.25, -0.2) is 4.79 Å². The Kier molecular flexibility index (Phi) is 2.48. The molecule has 2 heterocycles. The van der Waals surface area contributed by atoms with Gasteiger partial charge >= 0.3 is 5.97 Å². The summed E-state index contributed by atoms with van der Waals surface area (Å²) >= 11 is 0. The van der Waals surface area contributed by atoms with Crippen molar-refractivity contribution in [2.75, 3.05) is 0 Å². The minimum absolute atomic E-state index is 0.0861. The zero-order valence-corrected chi connectivity index (χ0v) is 12.4. The van der Waals surface area contributed by atoms with Crippen molar-refractivity contribution in [3.63, 3.8) is 0 Å². The number of fused-ring (bicyclic) bond motifs is 2. The highest BCUT2D eigenvalue weighted by Gasteiger charge is 2.87. The first kappa shape index (κ1) is 14.6. The second-order valence-electron chi connectivity index (χ2n) is 7.38. The average molecular weight is 312 g/mol. The topological polar surface area (TPSA) is 120 Å². The van der Waals surface area contributed by atoms with Gasteiger partial charge in [0, 0.05) is 11.5 Å². The molecule has 7 nitrogen and oxygen atoms in total. The molecule has 4 fully saturated rings. The predicted octanol–water partition coefficient (Wildman–Crippen LogP) is -1.52. The third kappa shape index (κ3) is 1.29. The summed E-state index contributed by atoms with van der Waals surface area (Å²) in [6, 6.07) is 0. The van der Waals surface area contributed by atoms with Crippen molar-refractivity contribution in [3.05, 3.63) is 12.2 Å². The van der Waals surface area contributed by atoms with Crippen LogP contribution in [0.3, 0.4) is 0 Å². The van der Waals surface area contributed by atoms with E-state index >= 15 is 0 Å². The summed E-state index contributed by atoms with van der Waals surface area (Å²) in [4.78, 5) is 11.9. The number of hydrogen-bond donors (Lipinski definition) is 4. The van der Waals surface area contributed by atoms with Gasteiger partial charge in [0.15, 0.2) is 0 Å². The van der Waals surface area contributed by atoms with E-state index in [-0.39, 0.29) is 12.0 Å². The van der Waals surface area contributed by atoms with Crippen molar-refractivity contribution in [1.29, 1.82) is 0 Å². The summed E-state index contributed by atoms with van der Waals surface area (Å²) in [6.45, 7) is 6.59. The summed E-state index contributed by atoms with van der Waals surface area (Å²) in [5, 5.41) is 42.4. The third-order valence-corrected chi connectivity index (χ3v) is 6.26. The number of carbonyl (C=O) groups excluding carboxylic acids is 1. The van der Waals surface area contributed by atoms with E-state index in [0.29, 0.717) is 0 Å². The molecule has 9 unspecified atom stereocenters. The Hall–Kier alpha value is -0.990. The summed E-state index contributed by atoms with van der Waals surface area (Å²) in [6.07, 6.45) is -3.93. The number of epoxide rings is 1. The molecule has 2 saturated carbocycles. The van der Waals surface area contributed by atoms with Crippen LogP contribution in [-0.4, -0.2) is 67.6 Å². The van der Waals surface area contributed by atoms with Crippen LogP contribution in [0.4, 0.5) is 0 Å². The second kappa shape index (κ2) is 3.73. The standard InChI is InChI=1S/C15H20O7/c1-5-6-4-7(16)14(3,20)15-9(8(6)21-12(5)18)13(2,19)10(17)11(15)22-15/h6-11,16-17,19-20H,1,4H2,2-3H3. The first-order chi connectivity index (χ1) is 10.1. The lowest BCUT2D eigenvalue weighted by atomic mass is 9.72. The van der Waals surface area contributed by atoms with Gasteiger partial charge in [0.1, 0.15) is 29.5 Å². The van der Waals surface area contributed by atoms with Gasteiger partial charge in [0.05, 0.1) is 17.6 Å². The van der Waals surface area contributed by atoms with Crippen molar-refractivity contribution >= 4 is 5.97 Å². The monoisotopic (exact) mass is 312 g/mol. The fourth-order valence-electron chi connectivity index (χ4n) is 4.89. The fraction of sp³-hybridized carbons (Fsp3) is 0.800. The number of aliphatic hydroxyl groups is 4. The van der Waals surface area contributed by atoms with Gasteiger partial charge in [0.25, 0.3) is 0 Å². The minimum Gasteiger partial charge on any atom is -0.458 e. The molecule has 122 valence electrons. The molecule has 0 bridgehead atoms. The maximum Gasteiger partial charge on any atom is 0.334 e. The van der Waals surface area contributed by atoms with E-state index in [4.69, 9.17) is 9.47 Å². The van der Waals surface area contributed by atoms with Gasteiger partial charge in [-0.3, -0.25) is 0 Å². The number of ether oxygens (including phenoxy) is 2. The van der Waals surface area contributed by atoms with Crippen LogP contribution in [0.25, 0.3) is 0 Å². The molecule has 0 aromatic heterocycles. The highest BCUT2D eigenvalue weighted by atomic mass is 16.7. The number of carbonyl (C=O) groups is 1. The van der Waals surface area contributed by atoms with Crippen LogP contribution >= 0.6 is 0 Å². The van der Waals surface area contributed by atoms with E-state index in [1.165, 1.54) is 13.8 Å². The van der Waals surface area contributed by atoms with Crippen LogP contribution in [0, 0.1) is 11.8 Å². The molecule has 4 aliphatic rings. The fourth-order valence-corrected chi connectivity index (χ4v) is 4.89. The molecule has 9 atom stereocenters. The van der Waals surface area contributed by atoms with E-state index in [0.717, 1.165) is 0 Å². The third-order valence-electron chi connectivity index (χ3n) is 6.26. The van der Waals surface area contributed by atoms with Gasteiger partial charge in [-0.2, -0.15) is 0 Å². The lowest BCUT2D eigenvalue weighted by molar-refractivity contribution is -0.187. The molecule has 2 aliphatic carbocycles. The first-order valence-corrected chi connectivity index (χ1v) is 7.45. The predicted molar refractivity (Wildman–Crippen MR) is 71.5 cm³/mol. The zero-order valence-electron chi connectivity index (χ0n) is 12.4. The number of rotatable bonds is 0. The number of hydrogen-bond acceptors (Lipinski definition) is 7. The molecule has 0 radical (unpaired) electrons. The zero-order chi connectivity index (χ0) is 16.2. The van der Waals surface area contributed by atoms with Gasteiger partial charge < -0.3 is 29.9 Å². The minimum atomic E-state index is -1.68. The highest BCUT2D eigenvalue weighted by Crippen LogP contribution is 2.68. The van der Waals surface area contributed by atoms with Crippen LogP contribution in [0.15, 0.2) is 12.2 Å². The smallest absolute Gasteiger partial charge is 0.334 e. The normalized spacial score (nSPS) is 62.8. The molecule has 2 saturated heterocycles. The van der Waals surface area contributed by atoms with Gasteiger partial charge in [-0.1, -0.05) is 6.58 Å². The molecule has 2 aliphatic heterocycles. The number of aliphatic hydroxyl groups excluding tert-OH is 2. The first-order valence-electron chi connectivity index (χ1n) is 7.45. The largest absolute Gasteiger partial charge is 0.458 e. The maximum absolute atomic E-state index is 11.9. The molecule has 4 N–H and O–H groups in total. The van der Waals surface area contributed by atoms with E-state index < -0.39 is 59.0 Å². The Balaban J connectivity index is 1.90. The molecule has 7 heteroatoms. The Bertz CT molecular complexity index is 582. The summed E-state index contributed by atoms with van der Waals surface area (Å²) in [5.41, 5.74) is -4.41. The molecule has 0 amide bonds. The summed E-state index contributed by atoms with van der Waals surface area (Å²) < 4.78 is 11.0. The van der Waals surface area contributed by atoms with E-state index in [1.807, 2.05) is 0 Å². The summed E-state index contributed by atoms with van der Waals surface area (Å²) in [7, 11) is 0. The SMILES string of the molecule is C=C1C(=O)OC2C1CC(O)C(C)(O)C13OC1C(O)C(C)(O)C23. The van der Waals surface area contributed by atoms with Crippen LogP contribution in [0.1, 0.15) is 20.3 Å². The van der Waals surface area contributed by atoms with Crippen molar-refractivity contribution in [2.24, 2.45) is 11.8 Å². The highest BCUT2D eigenvalue weighted by molar-refractivity contribution is 5.91. The summed E-state index contributed by atoms with van der Waals surface area (Å²) in [5.74, 6) is -1.95. The van der Waals surface area contributed by atoms with E-state index in [2.05, 4.69) is 6.58 Å². The molecule has 22 heavy (non-hydrogen) atoms. The Morgan fingerprint density at radius 3 is 2.55 bits per heavy atom. The Labute approximate surface area is 127 Å². The van der Waals surface area contributed by atoms with E-state index in [9.17, 15) is 25.2 Å². The molecule has 0 aromatic rings. The van der Waals surface area contributed by atoms with Gasteiger partial charge in [0.2, 0.25) is 0 Å². The Morgan fingerprint density at radius 1 is 1.27 bits per heavy atom. The molecular formula is C15H20O7. The van der Waals surface area contributed by atoms with Crippen molar-refractivity contribution in [1.82, 2.24) is 0 Å². The maximum atomic E-state index is 11.9. The quantitative estimate of drug-likeness (QED) is 0.243. The van der Waals surface area contributed by atoms with Crippen LogP contribution in [-0.2, 0) is 14.3 Å². The second-order valence-corrected chi connectivity index (χ2v) is 7.38. The average Bonchev–Trinajstić information content (AvgIpc) is 3.07. The molecule has 0 aromatic carbocycles. The Morgan fingerprint density at radius 2 is 1.91 bits per heavy atom. The molecule has 1 spiro atoms. The van der Waals surface area contributed by atoms with Crippen molar-refractivity contribution in [3.8, 4) is 0 Å². The van der Waals surface area contributed by atoms with E-state index in [1.54, 1.807) is 0 Å². The van der Waals surface area contributed by atoms with Crippen molar-refractivity contribution < 1.29 is 34.7 Å². The van der Waals surface area contributed by atoms with Crippen LogP contribution in [0.5, 0.6) is 0 Å². The molecular weight excluding hydrogens is 292 g/mol. The lowest BCUT2D eigenvalue weighted by Crippen LogP contribution is -2.59. The van der Waals surface area contributed by atoms with Crippen LogP contribution < -0.4 is 0 Å².